The average Bonchev–Trinajstić information content (AvgIpc) is 3.21. The number of hydrogen-bond acceptors (Lipinski definition) is 6. The zero-order valence-electron chi connectivity index (χ0n) is 14.5. The predicted molar refractivity (Wildman–Crippen MR) is 107 cm³/mol. The number of amides is 2. The van der Waals surface area contributed by atoms with Crippen molar-refractivity contribution in [2.75, 3.05) is 18.5 Å². The molecule has 2 aromatic heterocycles. The van der Waals surface area contributed by atoms with E-state index in [9.17, 15) is 14.9 Å². The maximum atomic E-state index is 12.2. The van der Waals surface area contributed by atoms with Gasteiger partial charge in [-0.1, -0.05) is 11.6 Å². The smallest absolute Gasteiger partial charge is 0.410 e. The van der Waals surface area contributed by atoms with Crippen LogP contribution in [0.15, 0.2) is 17.5 Å². The molecule has 2 amide bonds. The summed E-state index contributed by atoms with van der Waals surface area (Å²) in [5.41, 5.74) is 1.36. The minimum Gasteiger partial charge on any atom is -0.450 e. The largest absolute Gasteiger partial charge is 0.450 e. The molecule has 0 atom stereocenters. The highest BCUT2D eigenvalue weighted by molar-refractivity contribution is 7.16. The van der Waals surface area contributed by atoms with Crippen molar-refractivity contribution in [3.05, 3.63) is 43.4 Å². The molecule has 0 aliphatic carbocycles. The van der Waals surface area contributed by atoms with Gasteiger partial charge in [0.25, 0.3) is 0 Å². The fraction of sp³-hybridized carbons (Fsp3) is 0.278. The van der Waals surface area contributed by atoms with Crippen LogP contribution >= 0.6 is 34.3 Å². The number of thiophene rings is 2. The van der Waals surface area contributed by atoms with E-state index in [1.807, 2.05) is 5.38 Å². The summed E-state index contributed by atoms with van der Waals surface area (Å²) in [6.45, 7) is 2.94. The number of anilines is 1. The molecule has 140 valence electrons. The SMILES string of the molecule is CCOC(=O)N1CCc2c(sc(NC(=O)C=Cc3sccc3Cl)c2C#N)C1. The minimum absolute atomic E-state index is 0.317. The number of hydrogen-bond donors (Lipinski definition) is 1. The molecular formula is C18H16ClN3O3S2. The van der Waals surface area contributed by atoms with Gasteiger partial charge in [-0.15, -0.1) is 22.7 Å². The molecule has 0 bridgehead atoms. The van der Waals surface area contributed by atoms with E-state index in [0.29, 0.717) is 41.7 Å². The summed E-state index contributed by atoms with van der Waals surface area (Å²) in [5, 5.41) is 15.2. The molecule has 0 saturated carbocycles. The van der Waals surface area contributed by atoms with Crippen molar-refractivity contribution >= 4 is 57.4 Å². The number of carbonyl (C=O) groups is 2. The fourth-order valence-electron chi connectivity index (χ4n) is 2.71. The van der Waals surface area contributed by atoms with Gasteiger partial charge in [0.15, 0.2) is 0 Å². The van der Waals surface area contributed by atoms with Crippen molar-refractivity contribution in [3.63, 3.8) is 0 Å². The summed E-state index contributed by atoms with van der Waals surface area (Å²) in [7, 11) is 0. The highest BCUT2D eigenvalue weighted by Gasteiger charge is 2.27. The van der Waals surface area contributed by atoms with E-state index in [4.69, 9.17) is 16.3 Å². The molecule has 3 rings (SSSR count). The van der Waals surface area contributed by atoms with Crippen LogP contribution in [0, 0.1) is 11.3 Å². The van der Waals surface area contributed by atoms with Gasteiger partial charge in [-0.25, -0.2) is 4.79 Å². The second-order valence-corrected chi connectivity index (χ2v) is 8.11. The lowest BCUT2D eigenvalue weighted by Gasteiger charge is -2.25. The summed E-state index contributed by atoms with van der Waals surface area (Å²) >= 11 is 8.76. The summed E-state index contributed by atoms with van der Waals surface area (Å²) in [5.74, 6) is -0.336. The van der Waals surface area contributed by atoms with Gasteiger partial charge >= 0.3 is 6.09 Å². The first-order chi connectivity index (χ1) is 13.0. The molecule has 2 aromatic rings. The normalized spacial score (nSPS) is 13.3. The quantitative estimate of drug-likeness (QED) is 0.736. The van der Waals surface area contributed by atoms with Crippen molar-refractivity contribution in [1.82, 2.24) is 4.90 Å². The standard InChI is InChI=1S/C18H16ClN3O3S2/c1-2-25-18(24)22-7-5-11-12(9-20)17(27-15(11)10-22)21-16(23)4-3-14-13(19)6-8-26-14/h3-4,6,8H,2,5,7,10H2,1H3,(H,21,23). The topological polar surface area (TPSA) is 82.4 Å². The average molecular weight is 422 g/mol. The van der Waals surface area contributed by atoms with Crippen LogP contribution in [0.25, 0.3) is 6.08 Å². The number of nitriles is 1. The molecule has 0 aromatic carbocycles. The number of halogens is 1. The Morgan fingerprint density at radius 1 is 1.52 bits per heavy atom. The van der Waals surface area contributed by atoms with Crippen LogP contribution in [0.5, 0.6) is 0 Å². The van der Waals surface area contributed by atoms with Gasteiger partial charge in [0.2, 0.25) is 5.91 Å². The molecule has 1 N–H and O–H groups in total. The minimum atomic E-state index is -0.364. The Labute approximate surface area is 169 Å². The second kappa shape index (κ2) is 8.57. The van der Waals surface area contributed by atoms with Crippen molar-refractivity contribution < 1.29 is 14.3 Å². The number of nitrogens with one attached hydrogen (secondary N) is 1. The third-order valence-corrected chi connectivity index (χ3v) is 6.42. The molecule has 3 heterocycles. The first-order valence-corrected chi connectivity index (χ1v) is 10.3. The number of fused-ring (bicyclic) bond motifs is 1. The summed E-state index contributed by atoms with van der Waals surface area (Å²) in [6, 6.07) is 3.94. The third-order valence-electron chi connectivity index (χ3n) is 3.96. The highest BCUT2D eigenvalue weighted by Crippen LogP contribution is 2.36. The van der Waals surface area contributed by atoms with Crippen LogP contribution in [0.2, 0.25) is 5.02 Å². The Morgan fingerprint density at radius 2 is 2.33 bits per heavy atom. The van der Waals surface area contributed by atoms with Crippen LogP contribution in [0.1, 0.15) is 27.8 Å². The maximum absolute atomic E-state index is 12.2. The molecule has 0 fully saturated rings. The van der Waals surface area contributed by atoms with Crippen molar-refractivity contribution in [1.29, 1.82) is 5.26 Å². The van der Waals surface area contributed by atoms with Crippen LogP contribution in [0.3, 0.4) is 0 Å². The zero-order valence-corrected chi connectivity index (χ0v) is 16.8. The molecular weight excluding hydrogens is 406 g/mol. The summed E-state index contributed by atoms with van der Waals surface area (Å²) in [4.78, 5) is 27.5. The van der Waals surface area contributed by atoms with Crippen LogP contribution in [-0.2, 0) is 22.5 Å². The Kier molecular flexibility index (Phi) is 6.16. The number of ether oxygens (including phenoxy) is 1. The van der Waals surface area contributed by atoms with Gasteiger partial charge in [-0.2, -0.15) is 5.26 Å². The van der Waals surface area contributed by atoms with Gasteiger partial charge in [0.1, 0.15) is 11.1 Å². The molecule has 1 aliphatic rings. The van der Waals surface area contributed by atoms with E-state index < -0.39 is 0 Å². The van der Waals surface area contributed by atoms with Gasteiger partial charge in [0.05, 0.1) is 23.7 Å². The molecule has 9 heteroatoms. The Bertz CT molecular complexity index is 942. The lowest BCUT2D eigenvalue weighted by molar-refractivity contribution is -0.111. The Balaban J connectivity index is 1.75. The zero-order chi connectivity index (χ0) is 19.4. The van der Waals surface area contributed by atoms with E-state index in [-0.39, 0.29) is 12.0 Å². The van der Waals surface area contributed by atoms with E-state index in [1.165, 1.54) is 28.7 Å². The second-order valence-electron chi connectivity index (χ2n) is 5.65. The monoisotopic (exact) mass is 421 g/mol. The lowest BCUT2D eigenvalue weighted by atomic mass is 10.0. The fourth-order valence-corrected chi connectivity index (χ4v) is 4.94. The third kappa shape index (κ3) is 4.33. The van der Waals surface area contributed by atoms with E-state index >= 15 is 0 Å². The molecule has 0 radical (unpaired) electrons. The maximum Gasteiger partial charge on any atom is 0.410 e. The van der Waals surface area contributed by atoms with Gasteiger partial charge < -0.3 is 15.0 Å². The van der Waals surface area contributed by atoms with Gasteiger partial charge in [-0.05, 0) is 36.4 Å². The summed E-state index contributed by atoms with van der Waals surface area (Å²) < 4.78 is 5.04. The molecule has 0 saturated heterocycles. The van der Waals surface area contributed by atoms with E-state index in [2.05, 4.69) is 11.4 Å². The Morgan fingerprint density at radius 3 is 3.00 bits per heavy atom. The van der Waals surface area contributed by atoms with Crippen molar-refractivity contribution in [2.45, 2.75) is 19.9 Å². The van der Waals surface area contributed by atoms with Crippen LogP contribution in [0.4, 0.5) is 9.80 Å². The number of rotatable bonds is 4. The van der Waals surface area contributed by atoms with Crippen molar-refractivity contribution in [3.8, 4) is 6.07 Å². The molecule has 6 nitrogen and oxygen atoms in total. The van der Waals surface area contributed by atoms with E-state index in [0.717, 1.165) is 15.3 Å². The van der Waals surface area contributed by atoms with Crippen molar-refractivity contribution in [2.24, 2.45) is 0 Å². The first-order valence-electron chi connectivity index (χ1n) is 8.21. The predicted octanol–water partition coefficient (Wildman–Crippen LogP) is 4.50. The van der Waals surface area contributed by atoms with Crippen LogP contribution in [-0.4, -0.2) is 30.1 Å². The molecule has 1 aliphatic heterocycles. The van der Waals surface area contributed by atoms with Gasteiger partial charge in [-0.3, -0.25) is 4.79 Å². The Hall–Kier alpha value is -2.34. The molecule has 0 unspecified atom stereocenters. The van der Waals surface area contributed by atoms with Crippen LogP contribution < -0.4 is 5.32 Å². The molecule has 27 heavy (non-hydrogen) atoms. The highest BCUT2D eigenvalue weighted by atomic mass is 35.5. The lowest BCUT2D eigenvalue weighted by Crippen LogP contribution is -2.35. The number of carbonyl (C=O) groups excluding carboxylic acids is 2. The number of nitrogens with zero attached hydrogens (tertiary/aromatic N) is 2. The summed E-state index contributed by atoms with van der Waals surface area (Å²) in [6.07, 6.45) is 3.23. The van der Waals surface area contributed by atoms with Gasteiger partial charge in [0, 0.05) is 22.4 Å². The van der Waals surface area contributed by atoms with E-state index in [1.54, 1.807) is 24.0 Å². The first kappa shape index (κ1) is 19.4. The molecule has 0 spiro atoms.